The van der Waals surface area contributed by atoms with Crippen molar-refractivity contribution in [2.45, 2.75) is 57.5 Å². The van der Waals surface area contributed by atoms with Gasteiger partial charge in [-0.25, -0.2) is 13.2 Å². The molecule has 0 atom stereocenters. The Labute approximate surface area is 184 Å². The van der Waals surface area contributed by atoms with Crippen molar-refractivity contribution in [1.82, 2.24) is 24.9 Å². The van der Waals surface area contributed by atoms with Gasteiger partial charge in [0.25, 0.3) is 6.43 Å². The van der Waals surface area contributed by atoms with Gasteiger partial charge in [0, 0.05) is 55.1 Å². The van der Waals surface area contributed by atoms with Crippen LogP contribution in [0.4, 0.5) is 24.7 Å². The number of rotatable bonds is 5. The summed E-state index contributed by atoms with van der Waals surface area (Å²) in [7, 11) is 1.69. The quantitative estimate of drug-likeness (QED) is 0.564. The Kier molecular flexibility index (Phi) is 5.67. The van der Waals surface area contributed by atoms with E-state index in [-0.39, 0.29) is 16.8 Å². The topological polar surface area (TPSA) is 59.7 Å². The molecular formula is C23H27F3N6. The van der Waals surface area contributed by atoms with Crippen molar-refractivity contribution in [3.63, 3.8) is 0 Å². The van der Waals surface area contributed by atoms with Crippen LogP contribution in [0, 0.1) is 5.82 Å². The van der Waals surface area contributed by atoms with E-state index in [4.69, 9.17) is 5.10 Å². The molecule has 3 aromatic rings. The maximum absolute atomic E-state index is 15.1. The van der Waals surface area contributed by atoms with Gasteiger partial charge in [-0.3, -0.25) is 9.36 Å². The van der Waals surface area contributed by atoms with E-state index in [1.807, 2.05) is 0 Å². The van der Waals surface area contributed by atoms with Gasteiger partial charge >= 0.3 is 0 Å². The molecule has 6 nitrogen and oxygen atoms in total. The van der Waals surface area contributed by atoms with Gasteiger partial charge in [-0.2, -0.15) is 10.2 Å². The highest BCUT2D eigenvalue weighted by Gasteiger charge is 2.27. The molecular weight excluding hydrogens is 417 g/mol. The fourth-order valence-electron chi connectivity index (χ4n) is 4.91. The van der Waals surface area contributed by atoms with E-state index < -0.39 is 12.2 Å². The minimum atomic E-state index is -2.75. The maximum atomic E-state index is 15.1. The van der Waals surface area contributed by atoms with Crippen LogP contribution in [0.3, 0.4) is 0 Å². The number of hydrogen-bond donors (Lipinski definition) is 2. The monoisotopic (exact) mass is 444 g/mol. The smallest absolute Gasteiger partial charge is 0.264 e. The third kappa shape index (κ3) is 3.90. The minimum Gasteiger partial charge on any atom is -0.336 e. The zero-order chi connectivity index (χ0) is 22.2. The SMILES string of the molecule is Cn1cc(-c2cc(F)c(Nc3nn(C4CCCCC4)c4c3CNCC4)cc2C(F)F)cn1. The van der Waals surface area contributed by atoms with Crippen LogP contribution in [0.15, 0.2) is 24.5 Å². The summed E-state index contributed by atoms with van der Waals surface area (Å²) in [6.07, 6.45) is 6.95. The van der Waals surface area contributed by atoms with Crippen molar-refractivity contribution in [3.05, 3.63) is 47.2 Å². The Morgan fingerprint density at radius 2 is 2.00 bits per heavy atom. The van der Waals surface area contributed by atoms with Crippen LogP contribution < -0.4 is 10.6 Å². The van der Waals surface area contributed by atoms with E-state index in [0.29, 0.717) is 24.0 Å². The van der Waals surface area contributed by atoms with Crippen molar-refractivity contribution >= 4 is 11.5 Å². The highest BCUT2D eigenvalue weighted by Crippen LogP contribution is 2.38. The number of nitrogens with one attached hydrogen (secondary N) is 2. The van der Waals surface area contributed by atoms with Crippen LogP contribution in [0.25, 0.3) is 11.1 Å². The molecule has 0 amide bonds. The van der Waals surface area contributed by atoms with E-state index in [1.165, 1.54) is 41.9 Å². The maximum Gasteiger partial charge on any atom is 0.264 e. The van der Waals surface area contributed by atoms with Crippen molar-refractivity contribution < 1.29 is 13.2 Å². The van der Waals surface area contributed by atoms with Crippen LogP contribution >= 0.6 is 0 Å². The highest BCUT2D eigenvalue weighted by atomic mass is 19.3. The van der Waals surface area contributed by atoms with Crippen LogP contribution in [0.5, 0.6) is 0 Å². The number of halogens is 3. The minimum absolute atomic E-state index is 0.00890. The lowest BCUT2D eigenvalue weighted by Gasteiger charge is -2.25. The van der Waals surface area contributed by atoms with Crippen LogP contribution in [-0.2, 0) is 20.0 Å². The van der Waals surface area contributed by atoms with Gasteiger partial charge in [0.05, 0.1) is 17.9 Å². The second-order valence-electron chi connectivity index (χ2n) is 8.68. The summed E-state index contributed by atoms with van der Waals surface area (Å²) in [4.78, 5) is 0. The second-order valence-corrected chi connectivity index (χ2v) is 8.68. The van der Waals surface area contributed by atoms with Gasteiger partial charge in [-0.05, 0) is 30.5 Å². The number of fused-ring (bicyclic) bond motifs is 1. The number of nitrogens with zero attached hydrogens (tertiary/aromatic N) is 4. The number of alkyl halides is 2. The van der Waals surface area contributed by atoms with E-state index >= 15 is 4.39 Å². The second kappa shape index (κ2) is 8.61. The first-order valence-corrected chi connectivity index (χ1v) is 11.2. The molecule has 1 aliphatic heterocycles. The molecule has 1 aromatic carbocycles. The first-order valence-electron chi connectivity index (χ1n) is 11.2. The van der Waals surface area contributed by atoms with Crippen molar-refractivity contribution in [1.29, 1.82) is 0 Å². The Morgan fingerprint density at radius 1 is 1.19 bits per heavy atom. The van der Waals surface area contributed by atoms with Gasteiger partial charge < -0.3 is 10.6 Å². The van der Waals surface area contributed by atoms with Crippen LogP contribution in [0.1, 0.15) is 61.4 Å². The highest BCUT2D eigenvalue weighted by molar-refractivity contribution is 5.72. The normalized spacial score (nSPS) is 17.0. The lowest BCUT2D eigenvalue weighted by atomic mass is 9.95. The number of aromatic nitrogens is 4. The van der Waals surface area contributed by atoms with Gasteiger partial charge in [-0.15, -0.1) is 0 Å². The molecule has 170 valence electrons. The average molecular weight is 445 g/mol. The predicted molar refractivity (Wildman–Crippen MR) is 117 cm³/mol. The molecule has 0 radical (unpaired) electrons. The summed E-state index contributed by atoms with van der Waals surface area (Å²) < 4.78 is 46.5. The largest absolute Gasteiger partial charge is 0.336 e. The molecule has 1 aliphatic carbocycles. The summed E-state index contributed by atoms with van der Waals surface area (Å²) in [5.41, 5.74) is 2.54. The van der Waals surface area contributed by atoms with E-state index in [9.17, 15) is 8.78 Å². The van der Waals surface area contributed by atoms with E-state index in [0.717, 1.165) is 37.4 Å². The molecule has 0 bridgehead atoms. The van der Waals surface area contributed by atoms with Crippen molar-refractivity contribution in [2.24, 2.45) is 7.05 Å². The fraction of sp³-hybridized carbons (Fsp3) is 0.478. The molecule has 0 unspecified atom stereocenters. The Balaban J connectivity index is 1.52. The molecule has 1 saturated carbocycles. The Morgan fingerprint density at radius 3 is 2.72 bits per heavy atom. The Hall–Kier alpha value is -2.81. The summed E-state index contributed by atoms with van der Waals surface area (Å²) in [6, 6.07) is 2.70. The first-order chi connectivity index (χ1) is 15.5. The molecule has 0 spiro atoms. The molecule has 2 aliphatic rings. The first kappa shape index (κ1) is 21.1. The van der Waals surface area contributed by atoms with Gasteiger partial charge in [0.2, 0.25) is 0 Å². The van der Waals surface area contributed by atoms with Crippen molar-refractivity contribution in [3.8, 4) is 11.1 Å². The molecule has 32 heavy (non-hydrogen) atoms. The van der Waals surface area contributed by atoms with E-state index in [1.54, 1.807) is 13.2 Å². The van der Waals surface area contributed by atoms with Crippen molar-refractivity contribution in [2.75, 3.05) is 11.9 Å². The molecule has 5 rings (SSSR count). The standard InChI is InChI=1S/C23H27F3N6/c1-31-13-14(11-28-31)16-9-19(24)20(10-17(16)22(25)26)29-23-18-12-27-8-7-21(18)32(30-23)15-5-3-2-4-6-15/h9-11,13,15,22,27H,2-8,12H2,1H3,(H,29,30). The molecule has 0 saturated heterocycles. The Bertz CT molecular complexity index is 1110. The summed E-state index contributed by atoms with van der Waals surface area (Å²) in [6.45, 7) is 1.50. The zero-order valence-corrected chi connectivity index (χ0v) is 18.0. The third-order valence-electron chi connectivity index (χ3n) is 6.52. The van der Waals surface area contributed by atoms with Gasteiger partial charge in [0.1, 0.15) is 5.82 Å². The number of aryl methyl sites for hydroxylation is 1. The van der Waals surface area contributed by atoms with E-state index in [2.05, 4.69) is 20.4 Å². The number of anilines is 2. The average Bonchev–Trinajstić information content (AvgIpc) is 3.39. The molecule has 2 N–H and O–H groups in total. The zero-order valence-electron chi connectivity index (χ0n) is 18.0. The number of hydrogen-bond acceptors (Lipinski definition) is 4. The third-order valence-corrected chi connectivity index (χ3v) is 6.52. The summed E-state index contributed by atoms with van der Waals surface area (Å²) >= 11 is 0. The lowest BCUT2D eigenvalue weighted by molar-refractivity contribution is 0.152. The molecule has 9 heteroatoms. The van der Waals surface area contributed by atoms with Gasteiger partial charge in [-0.1, -0.05) is 19.3 Å². The predicted octanol–water partition coefficient (Wildman–Crippen LogP) is 5.25. The van der Waals surface area contributed by atoms with Crippen LogP contribution in [-0.4, -0.2) is 26.1 Å². The fourth-order valence-corrected chi connectivity index (χ4v) is 4.91. The van der Waals surface area contributed by atoms with Gasteiger partial charge in [0.15, 0.2) is 5.82 Å². The summed E-state index contributed by atoms with van der Waals surface area (Å²) in [5, 5.41) is 15.2. The molecule has 2 aromatic heterocycles. The molecule has 3 heterocycles. The van der Waals surface area contributed by atoms with Crippen LogP contribution in [0.2, 0.25) is 0 Å². The lowest BCUT2D eigenvalue weighted by Crippen LogP contribution is -2.26. The summed E-state index contributed by atoms with van der Waals surface area (Å²) in [5.74, 6) is -0.0518. The molecule has 1 fully saturated rings. The number of benzene rings is 1.